The number of fused-ring (bicyclic) bond motifs is 20. The maximum Gasteiger partial charge on any atom is 0.165 e. The number of hydrogen-bond donors (Lipinski definition) is 0. The molecule has 0 spiro atoms. The van der Waals surface area contributed by atoms with Crippen molar-refractivity contribution in [3.63, 3.8) is 0 Å². The van der Waals surface area contributed by atoms with Crippen LogP contribution in [0.4, 0.5) is 0 Å². The second-order valence-electron chi connectivity index (χ2n) is 35.7. The molecule has 0 bridgehead atoms. The number of para-hydroxylation sites is 8. The molecule has 664 valence electrons. The molecule has 11 heterocycles. The lowest BCUT2D eigenvalue weighted by molar-refractivity contribution is 1.05. The van der Waals surface area contributed by atoms with Crippen molar-refractivity contribution in [1.29, 1.82) is 0 Å². The first-order valence-electron chi connectivity index (χ1n) is 47.7. The zero-order valence-electron chi connectivity index (χ0n) is 76.5. The van der Waals surface area contributed by atoms with Crippen LogP contribution in [0.15, 0.2) is 492 Å². The average molecular weight is 1830 g/mol. The van der Waals surface area contributed by atoms with E-state index in [1.807, 2.05) is 121 Å². The molecule has 0 aliphatic carbocycles. The number of pyridine rings is 3. The minimum Gasteiger partial charge on any atom is -0.309 e. The highest BCUT2D eigenvalue weighted by Crippen LogP contribution is 2.47. The molecule has 29 aromatic rings. The fourth-order valence-electron chi connectivity index (χ4n) is 20.9. The summed E-state index contributed by atoms with van der Waals surface area (Å²) < 4.78 is 14.3. The molecule has 0 aliphatic heterocycles. The zero-order chi connectivity index (χ0) is 93.7. The highest BCUT2D eigenvalue weighted by molar-refractivity contribution is 7.26. The van der Waals surface area contributed by atoms with Crippen molar-refractivity contribution < 1.29 is 0 Å². The molecule has 0 amide bonds. The van der Waals surface area contributed by atoms with E-state index >= 15 is 0 Å². The smallest absolute Gasteiger partial charge is 0.165 e. The number of benzene rings is 18. The summed E-state index contributed by atoms with van der Waals surface area (Å²) in [5.74, 6) is 5.06. The molecule has 29 rings (SSSR count). The van der Waals surface area contributed by atoms with Crippen LogP contribution in [0.2, 0.25) is 0 Å². The highest BCUT2D eigenvalue weighted by Gasteiger charge is 2.26. The minimum absolute atomic E-state index is 0.577. The van der Waals surface area contributed by atoms with Crippen molar-refractivity contribution in [2.24, 2.45) is 0 Å². The van der Waals surface area contributed by atoms with E-state index in [4.69, 9.17) is 39.9 Å². The molecule has 0 saturated heterocycles. The van der Waals surface area contributed by atoms with Gasteiger partial charge in [0.25, 0.3) is 0 Å². The summed E-state index contributed by atoms with van der Waals surface area (Å²) in [4.78, 5) is 40.1. The Morgan fingerprint density at radius 3 is 0.972 bits per heavy atom. The van der Waals surface area contributed by atoms with Gasteiger partial charge >= 0.3 is 0 Å². The molecule has 0 radical (unpaired) electrons. The third-order valence-electron chi connectivity index (χ3n) is 27.4. The maximum atomic E-state index is 5.26. The van der Waals surface area contributed by atoms with Gasteiger partial charge in [-0.25, -0.2) is 39.9 Å². The van der Waals surface area contributed by atoms with Gasteiger partial charge in [0.15, 0.2) is 23.3 Å². The van der Waals surface area contributed by atoms with Gasteiger partial charge < -0.3 is 9.13 Å². The number of hydrogen-bond acceptors (Lipinski definition) is 9. The zero-order valence-corrected chi connectivity index (χ0v) is 77.3. The molecule has 0 unspecified atom stereocenters. The minimum atomic E-state index is 0.577. The van der Waals surface area contributed by atoms with Gasteiger partial charge in [0.2, 0.25) is 0 Å². The Labute approximate surface area is 819 Å². The maximum absolute atomic E-state index is 5.26. The number of aromatic nitrogens is 13. The van der Waals surface area contributed by atoms with Gasteiger partial charge in [-0.3, -0.25) is 13.7 Å². The third kappa shape index (κ3) is 14.3. The van der Waals surface area contributed by atoms with Gasteiger partial charge in [-0.15, -0.1) is 11.3 Å². The topological polar surface area (TPSA) is 128 Å². The third-order valence-corrected chi connectivity index (χ3v) is 28.6. The summed E-state index contributed by atoms with van der Waals surface area (Å²) >= 11 is 1.88. The first-order valence-corrected chi connectivity index (χ1v) is 48.5. The number of nitrogens with zero attached hydrogens (tertiary/aromatic N) is 13. The van der Waals surface area contributed by atoms with Crippen LogP contribution in [0.3, 0.4) is 0 Å². The molecule has 11 aromatic heterocycles. The summed E-state index contributed by atoms with van der Waals surface area (Å²) in [6, 6.07) is 168. The van der Waals surface area contributed by atoms with E-state index in [0.717, 1.165) is 118 Å². The first kappa shape index (κ1) is 82.4. The van der Waals surface area contributed by atoms with Crippen molar-refractivity contribution in [2.75, 3.05) is 0 Å². The van der Waals surface area contributed by atoms with Crippen molar-refractivity contribution >= 4 is 151 Å². The Bertz CT molecular complexity index is 9420. The molecule has 14 heteroatoms. The standard InChI is InChI=1S/C45H29N5.C44H28N6.C39H24N2S/c1-4-14-30(15-5-1)38-27-39(31-16-6-2-7-17-31)48-45(47-38)32-24-25-44(46-29-32)50-41-23-13-11-21-35(41)37-26-36-34-20-10-12-22-40(34)49(42(36)28-43(37)50)33-18-8-3-9-19-33;1-4-14-29(15-5-1)42-46-43(30-16-6-2-7-17-30)48-44(47-42)31-24-25-41(45-28-31)50-38-23-13-11-21-34(38)36-26-35-33-20-10-12-22-37(33)49(39(35)27-40(36)50)32-18-8-3-9-19-32;1-2-10-25(11-3-1)26-18-20-27(21-19-26)32-24-37(40-33-15-7-4-12-28(32)33)41-34-16-8-5-14-31(34)38-35(41)23-22-30-29-13-6-9-17-36(29)42-39(30)38/h1-29H;1-28H;1-24H. The van der Waals surface area contributed by atoms with Crippen molar-refractivity contribution in [2.45, 2.75) is 0 Å². The van der Waals surface area contributed by atoms with E-state index < -0.39 is 0 Å². The molecular formula is C128H81N13S. The van der Waals surface area contributed by atoms with Crippen molar-refractivity contribution in [1.82, 2.24) is 62.7 Å². The van der Waals surface area contributed by atoms with Crippen molar-refractivity contribution in [3.05, 3.63) is 492 Å². The Morgan fingerprint density at radius 2 is 0.514 bits per heavy atom. The van der Waals surface area contributed by atoms with Gasteiger partial charge in [0.1, 0.15) is 17.5 Å². The highest BCUT2D eigenvalue weighted by atomic mass is 32.1. The van der Waals surface area contributed by atoms with Gasteiger partial charge in [-0.1, -0.05) is 346 Å². The monoisotopic (exact) mass is 1830 g/mol. The van der Waals surface area contributed by atoms with Crippen LogP contribution in [0.1, 0.15) is 0 Å². The van der Waals surface area contributed by atoms with E-state index in [1.165, 1.54) is 118 Å². The molecule has 13 nitrogen and oxygen atoms in total. The summed E-state index contributed by atoms with van der Waals surface area (Å²) in [5.41, 5.74) is 26.9. The summed E-state index contributed by atoms with van der Waals surface area (Å²) in [6.45, 7) is 0. The molecule has 18 aromatic carbocycles. The van der Waals surface area contributed by atoms with Crippen LogP contribution in [-0.2, 0) is 0 Å². The van der Waals surface area contributed by atoms with Crippen LogP contribution in [0, 0.1) is 0 Å². The number of thiophene rings is 1. The Hall–Kier alpha value is -19.0. The second-order valence-corrected chi connectivity index (χ2v) is 36.7. The predicted octanol–water partition coefficient (Wildman–Crippen LogP) is 32.6. The molecular weight excluding hydrogens is 1750 g/mol. The van der Waals surface area contributed by atoms with Crippen LogP contribution in [0.25, 0.3) is 259 Å². The SMILES string of the molecule is c1ccc(-c2cc(-c3ccccc3)nc(-c3ccc(-n4c5ccccc5c5cc6c7ccccc7n(-c7ccccc7)c6cc54)nc3)n2)cc1.c1ccc(-c2ccc(-c3cc(-n4c5ccccc5c5c6sc7ccccc7c6ccc54)nc4ccccc34)cc2)cc1.c1ccc(-c2nc(-c3ccccc3)nc(-c3ccc(-n4c5ccccc5c5cc6c7ccccc7n(-c7ccccc7)c6cc54)nc3)n2)cc1. The van der Waals surface area contributed by atoms with Crippen LogP contribution >= 0.6 is 11.3 Å². The number of rotatable bonds is 13. The van der Waals surface area contributed by atoms with Gasteiger partial charge in [-0.05, 0) is 156 Å². The summed E-state index contributed by atoms with van der Waals surface area (Å²) in [6.07, 6.45) is 3.77. The molecule has 0 saturated carbocycles. The lowest BCUT2D eigenvalue weighted by Crippen LogP contribution is -2.01. The average Bonchev–Trinajstić information content (AvgIpc) is 1.56. The summed E-state index contributed by atoms with van der Waals surface area (Å²) in [5, 5.41) is 16.0. The molecule has 142 heavy (non-hydrogen) atoms. The van der Waals surface area contributed by atoms with Crippen LogP contribution in [-0.4, -0.2) is 62.7 Å². The van der Waals surface area contributed by atoms with Crippen molar-refractivity contribution in [3.8, 4) is 119 Å². The lowest BCUT2D eigenvalue weighted by atomic mass is 9.98. The summed E-state index contributed by atoms with van der Waals surface area (Å²) in [7, 11) is 0. The largest absolute Gasteiger partial charge is 0.309 e. The fourth-order valence-corrected chi connectivity index (χ4v) is 22.1. The normalized spacial score (nSPS) is 11.7. The molecule has 0 aliphatic rings. The van der Waals surface area contributed by atoms with E-state index in [-0.39, 0.29) is 0 Å². The first-order chi connectivity index (χ1) is 70.4. The molecule has 0 fully saturated rings. The Kier molecular flexibility index (Phi) is 20.1. The predicted molar refractivity (Wildman–Crippen MR) is 587 cm³/mol. The van der Waals surface area contributed by atoms with Crippen LogP contribution < -0.4 is 0 Å². The molecule has 0 atom stereocenters. The quantitative estimate of drug-likeness (QED) is 0.112. The fraction of sp³-hybridized carbons (Fsp3) is 0. The van der Waals surface area contributed by atoms with E-state index in [9.17, 15) is 0 Å². The van der Waals surface area contributed by atoms with E-state index in [0.29, 0.717) is 23.3 Å². The van der Waals surface area contributed by atoms with Gasteiger partial charge in [0, 0.05) is 137 Å². The Morgan fingerprint density at radius 1 is 0.176 bits per heavy atom. The second kappa shape index (κ2) is 34.7. The van der Waals surface area contributed by atoms with Crippen LogP contribution in [0.5, 0.6) is 0 Å². The lowest BCUT2D eigenvalue weighted by Gasteiger charge is -2.13. The van der Waals surface area contributed by atoms with E-state index in [2.05, 4.69) is 405 Å². The Balaban J connectivity index is 0.000000107. The van der Waals surface area contributed by atoms with Gasteiger partial charge in [-0.2, -0.15) is 0 Å². The van der Waals surface area contributed by atoms with Gasteiger partial charge in [0.05, 0.1) is 72.1 Å². The van der Waals surface area contributed by atoms with E-state index in [1.54, 1.807) is 0 Å². The molecule has 0 N–H and O–H groups in total.